The number of halogens is 1. The Labute approximate surface area is 117 Å². The first kappa shape index (κ1) is 13.2. The molecule has 2 amide bonds. The van der Waals surface area contributed by atoms with Gasteiger partial charge in [0.15, 0.2) is 0 Å². The van der Waals surface area contributed by atoms with Crippen LogP contribution in [0.5, 0.6) is 0 Å². The molecule has 0 bridgehead atoms. The standard InChI is InChI=1S/C11H10BrN5O2/c1-7-2-3-9(8(12)4-7)15-10(18)11(19)16-17-5-13-14-6-17/h2-6H,1H3,(H,15,18)(H,16,19). The van der Waals surface area contributed by atoms with Crippen LogP contribution >= 0.6 is 15.9 Å². The van der Waals surface area contributed by atoms with Crippen molar-refractivity contribution in [1.82, 2.24) is 14.9 Å². The van der Waals surface area contributed by atoms with E-state index < -0.39 is 11.8 Å². The summed E-state index contributed by atoms with van der Waals surface area (Å²) < 4.78 is 1.89. The fourth-order valence-corrected chi connectivity index (χ4v) is 1.92. The Balaban J connectivity index is 2.02. The molecule has 0 unspecified atom stereocenters. The number of hydrogen-bond donors (Lipinski definition) is 2. The van der Waals surface area contributed by atoms with E-state index in [1.807, 2.05) is 19.1 Å². The number of carbonyl (C=O) groups excluding carboxylic acids is 2. The molecule has 0 radical (unpaired) electrons. The molecule has 19 heavy (non-hydrogen) atoms. The molecule has 0 aliphatic carbocycles. The van der Waals surface area contributed by atoms with Crippen molar-refractivity contribution >= 4 is 33.4 Å². The first-order valence-electron chi connectivity index (χ1n) is 5.29. The van der Waals surface area contributed by atoms with Gasteiger partial charge in [0.05, 0.1) is 5.69 Å². The maximum atomic E-state index is 11.7. The molecule has 1 heterocycles. The molecule has 0 aliphatic heterocycles. The van der Waals surface area contributed by atoms with Crippen LogP contribution in [0.4, 0.5) is 5.69 Å². The van der Waals surface area contributed by atoms with E-state index in [1.54, 1.807) is 6.07 Å². The van der Waals surface area contributed by atoms with Crippen LogP contribution in [0.25, 0.3) is 0 Å². The predicted molar refractivity (Wildman–Crippen MR) is 71.9 cm³/mol. The lowest BCUT2D eigenvalue weighted by atomic mass is 10.2. The van der Waals surface area contributed by atoms with Crippen molar-refractivity contribution in [2.45, 2.75) is 6.92 Å². The largest absolute Gasteiger partial charge is 0.328 e. The Morgan fingerprint density at radius 3 is 2.53 bits per heavy atom. The molecule has 8 heteroatoms. The van der Waals surface area contributed by atoms with Gasteiger partial charge in [-0.3, -0.25) is 15.0 Å². The van der Waals surface area contributed by atoms with Crippen molar-refractivity contribution in [2.24, 2.45) is 0 Å². The Kier molecular flexibility index (Phi) is 3.91. The topological polar surface area (TPSA) is 88.9 Å². The van der Waals surface area contributed by atoms with Gasteiger partial charge in [0.1, 0.15) is 12.7 Å². The molecule has 0 fully saturated rings. The lowest BCUT2D eigenvalue weighted by molar-refractivity contribution is -0.133. The van der Waals surface area contributed by atoms with Crippen LogP contribution in [-0.4, -0.2) is 26.7 Å². The zero-order valence-electron chi connectivity index (χ0n) is 9.92. The first-order chi connectivity index (χ1) is 9.06. The van der Waals surface area contributed by atoms with Crippen LogP contribution in [0.2, 0.25) is 0 Å². The summed E-state index contributed by atoms with van der Waals surface area (Å²) in [7, 11) is 0. The van der Waals surface area contributed by atoms with Crippen molar-refractivity contribution < 1.29 is 9.59 Å². The summed E-state index contributed by atoms with van der Waals surface area (Å²) in [6.45, 7) is 1.93. The second-order valence-corrected chi connectivity index (χ2v) is 4.60. The summed E-state index contributed by atoms with van der Waals surface area (Å²) in [5, 5.41) is 9.50. The molecular weight excluding hydrogens is 314 g/mol. The molecule has 7 nitrogen and oxygen atoms in total. The number of carbonyl (C=O) groups is 2. The number of anilines is 1. The van der Waals surface area contributed by atoms with Crippen molar-refractivity contribution in [3.05, 3.63) is 40.9 Å². The fraction of sp³-hybridized carbons (Fsp3) is 0.0909. The summed E-state index contributed by atoms with van der Waals surface area (Å²) in [5.74, 6) is -1.59. The van der Waals surface area contributed by atoms with Gasteiger partial charge < -0.3 is 5.32 Å². The highest BCUT2D eigenvalue weighted by Crippen LogP contribution is 2.23. The molecule has 2 rings (SSSR count). The molecule has 0 saturated heterocycles. The normalized spacial score (nSPS) is 10.0. The SMILES string of the molecule is Cc1ccc(NC(=O)C(=O)Nn2cnnc2)c(Br)c1. The maximum absolute atomic E-state index is 11.7. The zero-order chi connectivity index (χ0) is 13.8. The van der Waals surface area contributed by atoms with Gasteiger partial charge in [0.25, 0.3) is 0 Å². The van der Waals surface area contributed by atoms with Gasteiger partial charge >= 0.3 is 11.8 Å². The third-order valence-electron chi connectivity index (χ3n) is 2.23. The molecule has 98 valence electrons. The van der Waals surface area contributed by atoms with Crippen LogP contribution in [0, 0.1) is 6.92 Å². The van der Waals surface area contributed by atoms with Crippen LogP contribution in [0.3, 0.4) is 0 Å². The molecule has 0 aliphatic rings. The number of nitrogens with zero attached hydrogens (tertiary/aromatic N) is 3. The third-order valence-corrected chi connectivity index (χ3v) is 2.88. The third kappa shape index (κ3) is 3.38. The van der Waals surface area contributed by atoms with E-state index in [1.165, 1.54) is 17.3 Å². The molecule has 1 aromatic carbocycles. The summed E-state index contributed by atoms with van der Waals surface area (Å²) in [4.78, 5) is 23.3. The van der Waals surface area contributed by atoms with Crippen LogP contribution in [0.1, 0.15) is 5.56 Å². The van der Waals surface area contributed by atoms with Gasteiger partial charge in [0, 0.05) is 4.47 Å². The Morgan fingerprint density at radius 2 is 1.89 bits per heavy atom. The number of benzene rings is 1. The summed E-state index contributed by atoms with van der Waals surface area (Å²) >= 11 is 3.31. The number of aromatic nitrogens is 3. The minimum atomic E-state index is -0.813. The number of rotatable bonds is 2. The van der Waals surface area contributed by atoms with E-state index in [0.717, 1.165) is 5.56 Å². The van der Waals surface area contributed by atoms with Gasteiger partial charge in [-0.15, -0.1) is 10.2 Å². The average Bonchev–Trinajstić information content (AvgIpc) is 2.85. The van der Waals surface area contributed by atoms with E-state index in [9.17, 15) is 9.59 Å². The second kappa shape index (κ2) is 5.61. The molecule has 2 N–H and O–H groups in total. The highest BCUT2D eigenvalue weighted by molar-refractivity contribution is 9.10. The molecular formula is C11H10BrN5O2. The highest BCUT2D eigenvalue weighted by Gasteiger charge is 2.15. The molecule has 1 aromatic heterocycles. The predicted octanol–water partition coefficient (Wildman–Crippen LogP) is 1.06. The van der Waals surface area contributed by atoms with Crippen LogP contribution in [0.15, 0.2) is 35.3 Å². The number of amides is 2. The molecule has 2 aromatic rings. The quantitative estimate of drug-likeness (QED) is 0.809. The van der Waals surface area contributed by atoms with Crippen LogP contribution in [-0.2, 0) is 9.59 Å². The minimum Gasteiger partial charge on any atom is -0.317 e. The number of nitrogens with one attached hydrogen (secondary N) is 2. The van der Waals surface area contributed by atoms with E-state index in [0.29, 0.717) is 10.2 Å². The van der Waals surface area contributed by atoms with Crippen molar-refractivity contribution in [3.8, 4) is 0 Å². The summed E-state index contributed by atoms with van der Waals surface area (Å²) in [5.41, 5.74) is 3.86. The summed E-state index contributed by atoms with van der Waals surface area (Å²) in [6, 6.07) is 5.38. The van der Waals surface area contributed by atoms with Crippen molar-refractivity contribution in [1.29, 1.82) is 0 Å². The fourth-order valence-electron chi connectivity index (χ4n) is 1.33. The second-order valence-electron chi connectivity index (χ2n) is 3.75. The Hall–Kier alpha value is -2.22. The van der Waals surface area contributed by atoms with E-state index >= 15 is 0 Å². The van der Waals surface area contributed by atoms with E-state index in [-0.39, 0.29) is 0 Å². The first-order valence-corrected chi connectivity index (χ1v) is 6.08. The van der Waals surface area contributed by atoms with E-state index in [2.05, 4.69) is 36.9 Å². The Bertz CT molecular complexity index is 612. The van der Waals surface area contributed by atoms with Crippen molar-refractivity contribution in [3.63, 3.8) is 0 Å². The van der Waals surface area contributed by atoms with Crippen molar-refractivity contribution in [2.75, 3.05) is 10.7 Å². The van der Waals surface area contributed by atoms with Gasteiger partial charge in [-0.1, -0.05) is 6.07 Å². The lowest BCUT2D eigenvalue weighted by Gasteiger charge is -2.08. The summed E-state index contributed by atoms with van der Waals surface area (Å²) in [6.07, 6.45) is 2.54. The van der Waals surface area contributed by atoms with Crippen LogP contribution < -0.4 is 10.7 Å². The van der Waals surface area contributed by atoms with Gasteiger partial charge in [-0.05, 0) is 40.5 Å². The maximum Gasteiger partial charge on any atom is 0.328 e. The average molecular weight is 324 g/mol. The monoisotopic (exact) mass is 323 g/mol. The molecule has 0 atom stereocenters. The van der Waals surface area contributed by atoms with Gasteiger partial charge in [-0.2, -0.15) is 0 Å². The minimum absolute atomic E-state index is 0.523. The highest BCUT2D eigenvalue weighted by atomic mass is 79.9. The molecule has 0 saturated carbocycles. The lowest BCUT2D eigenvalue weighted by Crippen LogP contribution is -2.33. The Morgan fingerprint density at radius 1 is 1.21 bits per heavy atom. The smallest absolute Gasteiger partial charge is 0.317 e. The number of aryl methyl sites for hydroxylation is 1. The zero-order valence-corrected chi connectivity index (χ0v) is 11.5. The van der Waals surface area contributed by atoms with E-state index in [4.69, 9.17) is 0 Å². The number of hydrogen-bond acceptors (Lipinski definition) is 4. The van der Waals surface area contributed by atoms with Gasteiger partial charge in [0.2, 0.25) is 0 Å². The molecule has 0 spiro atoms. The van der Waals surface area contributed by atoms with Gasteiger partial charge in [-0.25, -0.2) is 4.68 Å².